The molecule has 98 valence electrons. The van der Waals surface area contributed by atoms with Gasteiger partial charge in [0.2, 0.25) is 4.96 Å². The van der Waals surface area contributed by atoms with Gasteiger partial charge in [0.25, 0.3) is 0 Å². The lowest BCUT2D eigenvalue weighted by molar-refractivity contribution is 0.619. The molecule has 6 heteroatoms. The zero-order chi connectivity index (χ0) is 13.6. The number of imidazole rings is 1. The Balaban J connectivity index is 2.05. The molecule has 2 N–H and O–H groups in total. The predicted molar refractivity (Wildman–Crippen MR) is 73.6 cm³/mol. The first-order chi connectivity index (χ1) is 9.04. The Morgan fingerprint density at radius 1 is 1.42 bits per heavy atom. The van der Waals surface area contributed by atoms with Crippen molar-refractivity contribution in [2.75, 3.05) is 0 Å². The van der Waals surface area contributed by atoms with Crippen molar-refractivity contribution in [3.05, 3.63) is 40.8 Å². The molecule has 0 spiro atoms. The van der Waals surface area contributed by atoms with Gasteiger partial charge in [-0.3, -0.25) is 0 Å². The summed E-state index contributed by atoms with van der Waals surface area (Å²) in [6.07, 6.45) is 1.84. The van der Waals surface area contributed by atoms with Crippen molar-refractivity contribution in [3.63, 3.8) is 0 Å². The van der Waals surface area contributed by atoms with E-state index in [2.05, 4.69) is 10.1 Å². The number of aromatic nitrogens is 3. The standard InChI is InChI=1S/C13H13FN4S/c1-7-5-9(3-4-10(7)14)11-6-18-13(16-11)19-12(17-18)8(2)15/h3-6,8H,15H2,1-2H3. The molecular formula is C13H13FN4S. The highest BCUT2D eigenvalue weighted by Gasteiger charge is 2.12. The summed E-state index contributed by atoms with van der Waals surface area (Å²) >= 11 is 1.47. The van der Waals surface area contributed by atoms with Crippen molar-refractivity contribution < 1.29 is 4.39 Å². The molecule has 3 rings (SSSR count). The van der Waals surface area contributed by atoms with Gasteiger partial charge in [0.05, 0.1) is 17.9 Å². The van der Waals surface area contributed by atoms with Crippen LogP contribution in [0.2, 0.25) is 0 Å². The normalized spacial score (nSPS) is 13.1. The first kappa shape index (κ1) is 12.3. The van der Waals surface area contributed by atoms with Gasteiger partial charge < -0.3 is 5.73 Å². The molecule has 0 fully saturated rings. The van der Waals surface area contributed by atoms with Gasteiger partial charge in [-0.2, -0.15) is 5.10 Å². The number of nitrogens with zero attached hydrogens (tertiary/aromatic N) is 3. The van der Waals surface area contributed by atoms with E-state index in [4.69, 9.17) is 5.73 Å². The Morgan fingerprint density at radius 3 is 2.84 bits per heavy atom. The van der Waals surface area contributed by atoms with E-state index < -0.39 is 0 Å². The number of aryl methyl sites for hydroxylation is 1. The van der Waals surface area contributed by atoms with Crippen LogP contribution in [0.3, 0.4) is 0 Å². The minimum Gasteiger partial charge on any atom is -0.322 e. The highest BCUT2D eigenvalue weighted by Crippen LogP contribution is 2.25. The fourth-order valence-electron chi connectivity index (χ4n) is 1.84. The Bertz CT molecular complexity index is 713. The second-order valence-electron chi connectivity index (χ2n) is 4.55. The third-order valence-electron chi connectivity index (χ3n) is 2.90. The van der Waals surface area contributed by atoms with E-state index in [1.54, 1.807) is 23.6 Å². The summed E-state index contributed by atoms with van der Waals surface area (Å²) < 4.78 is 15.0. The van der Waals surface area contributed by atoms with Crippen molar-refractivity contribution in [1.29, 1.82) is 0 Å². The molecule has 0 aliphatic heterocycles. The number of benzene rings is 1. The average Bonchev–Trinajstić information content (AvgIpc) is 2.90. The Morgan fingerprint density at radius 2 is 2.21 bits per heavy atom. The molecule has 0 aliphatic carbocycles. The van der Waals surface area contributed by atoms with E-state index in [0.717, 1.165) is 21.2 Å². The van der Waals surface area contributed by atoms with Crippen LogP contribution in [-0.2, 0) is 0 Å². The van der Waals surface area contributed by atoms with Crippen LogP contribution in [0.1, 0.15) is 23.5 Å². The van der Waals surface area contributed by atoms with Crippen molar-refractivity contribution >= 4 is 16.3 Å². The molecule has 0 bridgehead atoms. The van der Waals surface area contributed by atoms with Gasteiger partial charge in [-0.15, -0.1) is 0 Å². The smallest absolute Gasteiger partial charge is 0.212 e. The topological polar surface area (TPSA) is 56.2 Å². The van der Waals surface area contributed by atoms with Gasteiger partial charge in [-0.1, -0.05) is 11.3 Å². The van der Waals surface area contributed by atoms with E-state index >= 15 is 0 Å². The van der Waals surface area contributed by atoms with Crippen LogP contribution in [0, 0.1) is 12.7 Å². The molecule has 19 heavy (non-hydrogen) atoms. The average molecular weight is 276 g/mol. The van der Waals surface area contributed by atoms with Crippen LogP contribution in [0.25, 0.3) is 16.2 Å². The van der Waals surface area contributed by atoms with E-state index in [1.807, 2.05) is 13.1 Å². The maximum Gasteiger partial charge on any atom is 0.212 e. The number of halogens is 1. The Hall–Kier alpha value is -1.79. The summed E-state index contributed by atoms with van der Waals surface area (Å²) in [6.45, 7) is 3.63. The molecule has 1 atom stereocenters. The fraction of sp³-hybridized carbons (Fsp3) is 0.231. The first-order valence-corrected chi connectivity index (χ1v) is 6.74. The summed E-state index contributed by atoms with van der Waals surface area (Å²) in [4.78, 5) is 5.29. The van der Waals surface area contributed by atoms with E-state index in [-0.39, 0.29) is 11.9 Å². The molecule has 1 unspecified atom stereocenters. The Labute approximate surface area is 113 Å². The van der Waals surface area contributed by atoms with E-state index in [1.165, 1.54) is 17.4 Å². The molecular weight excluding hydrogens is 263 g/mol. The maximum absolute atomic E-state index is 13.3. The van der Waals surface area contributed by atoms with Gasteiger partial charge in [-0.05, 0) is 37.6 Å². The van der Waals surface area contributed by atoms with Gasteiger partial charge >= 0.3 is 0 Å². The number of rotatable bonds is 2. The molecule has 2 heterocycles. The summed E-state index contributed by atoms with van der Waals surface area (Å²) in [5.74, 6) is -0.206. The van der Waals surface area contributed by atoms with Gasteiger partial charge in [0.15, 0.2) is 0 Å². The second kappa shape index (κ2) is 4.40. The van der Waals surface area contributed by atoms with Crippen LogP contribution in [-0.4, -0.2) is 14.6 Å². The van der Waals surface area contributed by atoms with E-state index in [0.29, 0.717) is 5.56 Å². The van der Waals surface area contributed by atoms with Crippen molar-refractivity contribution in [2.24, 2.45) is 5.73 Å². The fourth-order valence-corrected chi connectivity index (χ4v) is 2.68. The summed E-state index contributed by atoms with van der Waals surface area (Å²) in [5, 5.41) is 5.22. The van der Waals surface area contributed by atoms with Crippen LogP contribution in [0.4, 0.5) is 4.39 Å². The lowest BCUT2D eigenvalue weighted by Crippen LogP contribution is -2.04. The van der Waals surface area contributed by atoms with Crippen LogP contribution >= 0.6 is 11.3 Å². The number of fused-ring (bicyclic) bond motifs is 1. The number of hydrogen-bond donors (Lipinski definition) is 1. The van der Waals surface area contributed by atoms with Crippen molar-refractivity contribution in [2.45, 2.75) is 19.9 Å². The molecule has 0 radical (unpaired) electrons. The lowest BCUT2D eigenvalue weighted by atomic mass is 10.1. The zero-order valence-corrected chi connectivity index (χ0v) is 11.4. The van der Waals surface area contributed by atoms with Crippen LogP contribution < -0.4 is 5.73 Å². The van der Waals surface area contributed by atoms with Crippen LogP contribution in [0.5, 0.6) is 0 Å². The molecule has 0 saturated carbocycles. The minimum absolute atomic E-state index is 0.0942. The molecule has 0 aliphatic rings. The summed E-state index contributed by atoms with van der Waals surface area (Å²) in [7, 11) is 0. The minimum atomic E-state index is -0.206. The summed E-state index contributed by atoms with van der Waals surface area (Å²) in [6, 6.07) is 4.87. The molecule has 3 aromatic rings. The summed E-state index contributed by atoms with van der Waals surface area (Å²) in [5.41, 5.74) is 8.07. The number of nitrogens with two attached hydrogens (primary N) is 1. The van der Waals surface area contributed by atoms with Gasteiger partial charge in [0, 0.05) is 5.56 Å². The number of hydrogen-bond acceptors (Lipinski definition) is 4. The Kier molecular flexibility index (Phi) is 2.83. The third-order valence-corrected chi connectivity index (χ3v) is 4.03. The molecule has 4 nitrogen and oxygen atoms in total. The SMILES string of the molecule is Cc1cc(-c2cn3nc(C(C)N)sc3n2)ccc1F. The highest BCUT2D eigenvalue weighted by molar-refractivity contribution is 7.16. The van der Waals surface area contributed by atoms with E-state index in [9.17, 15) is 4.39 Å². The zero-order valence-electron chi connectivity index (χ0n) is 10.6. The largest absolute Gasteiger partial charge is 0.322 e. The highest BCUT2D eigenvalue weighted by atomic mass is 32.1. The molecule has 2 aromatic heterocycles. The first-order valence-electron chi connectivity index (χ1n) is 5.93. The maximum atomic E-state index is 13.3. The monoisotopic (exact) mass is 276 g/mol. The van der Waals surface area contributed by atoms with Crippen LogP contribution in [0.15, 0.2) is 24.4 Å². The van der Waals surface area contributed by atoms with Gasteiger partial charge in [-0.25, -0.2) is 13.9 Å². The predicted octanol–water partition coefficient (Wildman–Crippen LogP) is 2.93. The molecule has 0 saturated heterocycles. The van der Waals surface area contributed by atoms with Crippen molar-refractivity contribution in [1.82, 2.24) is 14.6 Å². The molecule has 1 aromatic carbocycles. The second-order valence-corrected chi connectivity index (χ2v) is 5.53. The quantitative estimate of drug-likeness (QED) is 0.783. The lowest BCUT2D eigenvalue weighted by Gasteiger charge is -1.99. The van der Waals surface area contributed by atoms with Crippen molar-refractivity contribution in [3.8, 4) is 11.3 Å². The van der Waals surface area contributed by atoms with Gasteiger partial charge in [0.1, 0.15) is 10.8 Å². The molecule has 0 amide bonds. The third kappa shape index (κ3) is 2.13.